The van der Waals surface area contributed by atoms with Gasteiger partial charge in [0.2, 0.25) is 0 Å². The largest absolute Gasteiger partial charge is 0.448 e. The van der Waals surface area contributed by atoms with Crippen molar-refractivity contribution < 1.29 is 13.9 Å². The Morgan fingerprint density at radius 3 is 2.52 bits per heavy atom. The molecular weight excluding hydrogens is 367 g/mol. The number of carbonyl (C=O) groups excluding carboxylic acids is 1. The van der Waals surface area contributed by atoms with Gasteiger partial charge in [-0.3, -0.25) is 10.2 Å². The quantitative estimate of drug-likeness (QED) is 0.719. The topological polar surface area (TPSA) is 41.6 Å². The van der Waals surface area contributed by atoms with Crippen molar-refractivity contribution in [1.29, 1.82) is 0 Å². The highest BCUT2D eigenvalue weighted by Crippen LogP contribution is 2.46. The van der Waals surface area contributed by atoms with Gasteiger partial charge in [-0.2, -0.15) is 0 Å². The van der Waals surface area contributed by atoms with Gasteiger partial charge in [0, 0.05) is 17.8 Å². The Morgan fingerprint density at radius 2 is 1.79 bits per heavy atom. The Morgan fingerprint density at radius 1 is 1.07 bits per heavy atom. The molecule has 1 heterocycles. The summed E-state index contributed by atoms with van der Waals surface area (Å²) in [7, 11) is 0. The lowest BCUT2D eigenvalue weighted by Crippen LogP contribution is -2.47. The van der Waals surface area contributed by atoms with Crippen molar-refractivity contribution >= 4 is 11.8 Å². The summed E-state index contributed by atoms with van der Waals surface area (Å²) in [6.07, 6.45) is 6.87. The molecule has 1 saturated heterocycles. The van der Waals surface area contributed by atoms with Crippen molar-refractivity contribution in [2.24, 2.45) is 0 Å². The molecule has 0 atom stereocenters. The average Bonchev–Trinajstić information content (AvgIpc) is 3.13. The SMILES string of the molecule is O=C(Nc1ccc(F)cc1)OCCN1CCCC12CCC(c1ccccc1)CC2. The van der Waals surface area contributed by atoms with Gasteiger partial charge in [-0.15, -0.1) is 0 Å². The molecule has 154 valence electrons. The fraction of sp³-hybridized carbons (Fsp3) is 0.458. The lowest BCUT2D eigenvalue weighted by molar-refractivity contribution is 0.0629. The van der Waals surface area contributed by atoms with E-state index in [0.717, 1.165) is 13.1 Å². The van der Waals surface area contributed by atoms with Crippen molar-refractivity contribution in [2.75, 3.05) is 25.0 Å². The monoisotopic (exact) mass is 396 g/mol. The number of hydrogen-bond acceptors (Lipinski definition) is 3. The van der Waals surface area contributed by atoms with Crippen molar-refractivity contribution in [1.82, 2.24) is 4.90 Å². The summed E-state index contributed by atoms with van der Waals surface area (Å²) >= 11 is 0. The molecule has 0 unspecified atom stereocenters. The van der Waals surface area contributed by atoms with Crippen molar-refractivity contribution in [3.05, 3.63) is 66.0 Å². The summed E-state index contributed by atoms with van der Waals surface area (Å²) in [5.41, 5.74) is 2.28. The number of anilines is 1. The third-order valence-electron chi connectivity index (χ3n) is 6.61. The van der Waals surface area contributed by atoms with Gasteiger partial charge >= 0.3 is 6.09 Å². The molecule has 2 fully saturated rings. The van der Waals surface area contributed by atoms with Crippen LogP contribution < -0.4 is 5.32 Å². The van der Waals surface area contributed by atoms with E-state index < -0.39 is 6.09 Å². The molecule has 1 amide bonds. The van der Waals surface area contributed by atoms with E-state index in [4.69, 9.17) is 4.74 Å². The zero-order valence-corrected chi connectivity index (χ0v) is 16.8. The van der Waals surface area contributed by atoms with E-state index in [0.29, 0.717) is 18.2 Å². The summed E-state index contributed by atoms with van der Waals surface area (Å²) in [6.45, 7) is 2.22. The average molecular weight is 397 g/mol. The molecule has 0 bridgehead atoms. The van der Waals surface area contributed by atoms with Crippen LogP contribution in [0.4, 0.5) is 14.9 Å². The molecule has 2 aromatic rings. The molecule has 4 rings (SSSR count). The first-order valence-corrected chi connectivity index (χ1v) is 10.6. The van der Waals surface area contributed by atoms with Gasteiger partial charge < -0.3 is 4.74 Å². The molecule has 1 aliphatic carbocycles. The van der Waals surface area contributed by atoms with E-state index in [9.17, 15) is 9.18 Å². The van der Waals surface area contributed by atoms with E-state index in [-0.39, 0.29) is 11.4 Å². The fourth-order valence-corrected chi connectivity index (χ4v) is 5.06. The number of likely N-dealkylation sites (tertiary alicyclic amines) is 1. The minimum absolute atomic E-state index is 0.280. The number of rotatable bonds is 5. The highest BCUT2D eigenvalue weighted by Gasteiger charge is 2.43. The zero-order chi connectivity index (χ0) is 20.1. The summed E-state index contributed by atoms with van der Waals surface area (Å²) in [5, 5.41) is 2.64. The normalized spacial score (nSPS) is 24.5. The number of amides is 1. The van der Waals surface area contributed by atoms with Crippen LogP contribution in [0.2, 0.25) is 0 Å². The second-order valence-electron chi connectivity index (χ2n) is 8.27. The lowest BCUT2D eigenvalue weighted by Gasteiger charge is -2.44. The number of carbonyl (C=O) groups is 1. The molecule has 29 heavy (non-hydrogen) atoms. The number of ether oxygens (including phenoxy) is 1. The minimum Gasteiger partial charge on any atom is -0.448 e. The third-order valence-corrected chi connectivity index (χ3v) is 6.61. The molecule has 1 spiro atoms. The van der Waals surface area contributed by atoms with E-state index in [1.165, 1.54) is 68.4 Å². The predicted octanol–water partition coefficient (Wildman–Crippen LogP) is 5.57. The smallest absolute Gasteiger partial charge is 0.411 e. The number of nitrogens with zero attached hydrogens (tertiary/aromatic N) is 1. The van der Waals surface area contributed by atoms with Gasteiger partial charge in [-0.25, -0.2) is 9.18 Å². The summed E-state index contributed by atoms with van der Waals surface area (Å²) in [6, 6.07) is 16.5. The highest BCUT2D eigenvalue weighted by atomic mass is 19.1. The van der Waals surface area contributed by atoms with Gasteiger partial charge in [-0.05, 0) is 80.8 Å². The van der Waals surface area contributed by atoms with Crippen LogP contribution in [0.1, 0.15) is 50.0 Å². The van der Waals surface area contributed by atoms with Crippen LogP contribution in [0, 0.1) is 5.82 Å². The third kappa shape index (κ3) is 4.78. The Bertz CT molecular complexity index is 801. The van der Waals surface area contributed by atoms with Crippen LogP contribution in [0.15, 0.2) is 54.6 Å². The maximum absolute atomic E-state index is 12.9. The van der Waals surface area contributed by atoms with Crippen LogP contribution in [0.5, 0.6) is 0 Å². The first-order chi connectivity index (χ1) is 14.1. The Labute approximate surface area is 172 Å². The first-order valence-electron chi connectivity index (χ1n) is 10.6. The Hall–Kier alpha value is -2.40. The van der Waals surface area contributed by atoms with Crippen LogP contribution in [0.3, 0.4) is 0 Å². The van der Waals surface area contributed by atoms with Gasteiger partial charge in [0.15, 0.2) is 0 Å². The van der Waals surface area contributed by atoms with Gasteiger partial charge in [0.25, 0.3) is 0 Å². The van der Waals surface area contributed by atoms with Gasteiger partial charge in [-0.1, -0.05) is 30.3 Å². The predicted molar refractivity (Wildman–Crippen MR) is 113 cm³/mol. The summed E-state index contributed by atoms with van der Waals surface area (Å²) in [5.74, 6) is 0.340. The molecule has 4 nitrogen and oxygen atoms in total. The molecule has 1 aliphatic heterocycles. The minimum atomic E-state index is -0.488. The molecule has 0 radical (unpaired) electrons. The van der Waals surface area contributed by atoms with Gasteiger partial charge in [0.1, 0.15) is 12.4 Å². The van der Waals surface area contributed by atoms with Crippen LogP contribution in [-0.4, -0.2) is 36.2 Å². The molecule has 0 aromatic heterocycles. The highest BCUT2D eigenvalue weighted by molar-refractivity contribution is 5.84. The lowest BCUT2D eigenvalue weighted by atomic mass is 9.73. The van der Waals surface area contributed by atoms with E-state index >= 15 is 0 Å². The van der Waals surface area contributed by atoms with Crippen molar-refractivity contribution in [3.8, 4) is 0 Å². The Balaban J connectivity index is 1.25. The van der Waals surface area contributed by atoms with Crippen LogP contribution in [-0.2, 0) is 4.74 Å². The van der Waals surface area contributed by atoms with Crippen molar-refractivity contribution in [2.45, 2.75) is 50.0 Å². The van der Waals surface area contributed by atoms with Crippen LogP contribution >= 0.6 is 0 Å². The number of halogens is 1. The number of nitrogens with one attached hydrogen (secondary N) is 1. The van der Waals surface area contributed by atoms with E-state index in [1.807, 2.05) is 0 Å². The number of hydrogen-bond donors (Lipinski definition) is 1. The van der Waals surface area contributed by atoms with Gasteiger partial charge in [0.05, 0.1) is 0 Å². The van der Waals surface area contributed by atoms with E-state index in [1.54, 1.807) is 0 Å². The molecule has 1 saturated carbocycles. The van der Waals surface area contributed by atoms with Crippen molar-refractivity contribution in [3.63, 3.8) is 0 Å². The zero-order valence-electron chi connectivity index (χ0n) is 16.8. The molecule has 1 N–H and O–H groups in total. The standard InChI is InChI=1S/C24H29FN2O2/c25-21-7-9-22(10-8-21)26-23(28)29-18-17-27-16-4-13-24(27)14-11-20(12-15-24)19-5-2-1-3-6-19/h1-3,5-10,20H,4,11-18H2,(H,26,28). The molecular formula is C24H29FN2O2. The molecule has 5 heteroatoms. The fourth-order valence-electron chi connectivity index (χ4n) is 5.06. The number of benzene rings is 2. The molecule has 2 aromatic carbocycles. The summed E-state index contributed by atoms with van der Waals surface area (Å²) in [4.78, 5) is 14.5. The maximum atomic E-state index is 12.9. The second kappa shape index (κ2) is 8.95. The first kappa shape index (κ1) is 19.9. The Kier molecular flexibility index (Phi) is 6.14. The van der Waals surface area contributed by atoms with E-state index in [2.05, 4.69) is 40.5 Å². The molecule has 2 aliphatic rings. The summed E-state index contributed by atoms with van der Waals surface area (Å²) < 4.78 is 18.3. The van der Waals surface area contributed by atoms with Crippen LogP contribution in [0.25, 0.3) is 0 Å². The second-order valence-corrected chi connectivity index (χ2v) is 8.27. The maximum Gasteiger partial charge on any atom is 0.411 e.